The molecule has 1 saturated heterocycles. The Morgan fingerprint density at radius 1 is 1.44 bits per heavy atom. The van der Waals surface area contributed by atoms with E-state index in [4.69, 9.17) is 16.3 Å². The second-order valence-electron chi connectivity index (χ2n) is 5.02. The van der Waals surface area contributed by atoms with Crippen molar-refractivity contribution in [1.29, 1.82) is 0 Å². The molecule has 100 valence electrons. The van der Waals surface area contributed by atoms with Gasteiger partial charge in [-0.05, 0) is 37.3 Å². The van der Waals surface area contributed by atoms with Crippen LogP contribution in [0.2, 0.25) is 5.02 Å². The quantitative estimate of drug-likeness (QED) is 0.876. The molecule has 0 bridgehead atoms. The molecule has 3 heteroatoms. The fourth-order valence-corrected chi connectivity index (χ4v) is 2.94. The van der Waals surface area contributed by atoms with Gasteiger partial charge in [0.15, 0.2) is 0 Å². The number of hydrogen-bond donors (Lipinski definition) is 1. The molecular weight excluding hydrogens is 246 g/mol. The maximum atomic E-state index is 6.21. The fraction of sp³-hybridized carbons (Fsp3) is 0.600. The molecule has 0 radical (unpaired) electrons. The molecule has 2 rings (SSSR count). The Labute approximate surface area is 115 Å². The van der Waals surface area contributed by atoms with Crippen molar-refractivity contribution in [2.45, 2.75) is 38.8 Å². The van der Waals surface area contributed by atoms with Crippen molar-refractivity contribution in [3.63, 3.8) is 0 Å². The van der Waals surface area contributed by atoms with E-state index in [9.17, 15) is 0 Å². The van der Waals surface area contributed by atoms with E-state index < -0.39 is 0 Å². The van der Waals surface area contributed by atoms with Crippen LogP contribution in [0, 0.1) is 5.92 Å². The molecule has 0 aromatic heterocycles. The van der Waals surface area contributed by atoms with E-state index >= 15 is 0 Å². The Morgan fingerprint density at radius 3 is 2.94 bits per heavy atom. The molecule has 1 aromatic rings. The zero-order chi connectivity index (χ0) is 13.0. The summed E-state index contributed by atoms with van der Waals surface area (Å²) < 4.78 is 5.71. The molecule has 0 saturated carbocycles. The standard InChI is InChI=1S/C15H22ClNO/c1-3-15-12(8-9-18-15)10-17-11(2)13-6-4-5-7-14(13)16/h4-7,11-12,15,17H,3,8-10H2,1-2H3. The minimum atomic E-state index is 0.289. The predicted octanol–water partition coefficient (Wildman–Crippen LogP) is 3.81. The monoisotopic (exact) mass is 267 g/mol. The van der Waals surface area contributed by atoms with Crippen LogP contribution < -0.4 is 5.32 Å². The number of halogens is 1. The Kier molecular flexibility index (Phi) is 5.04. The molecular formula is C15H22ClNO. The van der Waals surface area contributed by atoms with Gasteiger partial charge in [-0.15, -0.1) is 0 Å². The molecule has 1 heterocycles. The lowest BCUT2D eigenvalue weighted by molar-refractivity contribution is 0.0867. The summed E-state index contributed by atoms with van der Waals surface area (Å²) in [6.45, 7) is 6.27. The Bertz CT molecular complexity index is 383. The van der Waals surface area contributed by atoms with E-state index in [0.717, 1.165) is 24.6 Å². The average molecular weight is 268 g/mol. The van der Waals surface area contributed by atoms with Crippen LogP contribution in [0.15, 0.2) is 24.3 Å². The lowest BCUT2D eigenvalue weighted by atomic mass is 9.98. The maximum Gasteiger partial charge on any atom is 0.0613 e. The minimum Gasteiger partial charge on any atom is -0.378 e. The Morgan fingerprint density at radius 2 is 2.22 bits per heavy atom. The third kappa shape index (κ3) is 3.25. The molecule has 1 aliphatic heterocycles. The number of hydrogen-bond acceptors (Lipinski definition) is 2. The van der Waals surface area contributed by atoms with Crippen molar-refractivity contribution < 1.29 is 4.74 Å². The number of nitrogens with one attached hydrogen (secondary N) is 1. The van der Waals surface area contributed by atoms with Gasteiger partial charge in [-0.25, -0.2) is 0 Å². The van der Waals surface area contributed by atoms with Gasteiger partial charge >= 0.3 is 0 Å². The summed E-state index contributed by atoms with van der Waals surface area (Å²) in [4.78, 5) is 0. The van der Waals surface area contributed by atoms with Gasteiger partial charge in [-0.3, -0.25) is 0 Å². The van der Waals surface area contributed by atoms with E-state index in [-0.39, 0.29) is 6.04 Å². The molecule has 0 aliphatic carbocycles. The largest absolute Gasteiger partial charge is 0.378 e. The Balaban J connectivity index is 1.88. The summed E-state index contributed by atoms with van der Waals surface area (Å²) in [7, 11) is 0. The van der Waals surface area contributed by atoms with Crippen molar-refractivity contribution >= 4 is 11.6 Å². The van der Waals surface area contributed by atoms with Crippen molar-refractivity contribution in [3.8, 4) is 0 Å². The van der Waals surface area contributed by atoms with Crippen molar-refractivity contribution in [2.75, 3.05) is 13.2 Å². The van der Waals surface area contributed by atoms with Crippen molar-refractivity contribution in [3.05, 3.63) is 34.9 Å². The Hall–Kier alpha value is -0.570. The van der Waals surface area contributed by atoms with Gasteiger partial charge in [0.25, 0.3) is 0 Å². The van der Waals surface area contributed by atoms with Gasteiger partial charge in [0.2, 0.25) is 0 Å². The first kappa shape index (κ1) is 13.9. The van der Waals surface area contributed by atoms with Gasteiger partial charge in [0.05, 0.1) is 6.10 Å². The molecule has 1 fully saturated rings. The van der Waals surface area contributed by atoms with Crippen LogP contribution in [0.1, 0.15) is 38.3 Å². The highest BCUT2D eigenvalue weighted by molar-refractivity contribution is 6.31. The summed E-state index contributed by atoms with van der Waals surface area (Å²) >= 11 is 6.21. The average Bonchev–Trinajstić information content (AvgIpc) is 2.84. The first-order valence-electron chi connectivity index (χ1n) is 6.81. The SMILES string of the molecule is CCC1OCCC1CNC(C)c1ccccc1Cl. The van der Waals surface area contributed by atoms with Crippen LogP contribution >= 0.6 is 11.6 Å². The summed E-state index contributed by atoms with van der Waals surface area (Å²) in [5.41, 5.74) is 1.17. The maximum absolute atomic E-state index is 6.21. The van der Waals surface area contributed by atoms with E-state index in [2.05, 4.69) is 25.2 Å². The zero-order valence-electron chi connectivity index (χ0n) is 11.2. The lowest BCUT2D eigenvalue weighted by Gasteiger charge is -2.21. The van der Waals surface area contributed by atoms with Crippen LogP contribution in [-0.4, -0.2) is 19.3 Å². The topological polar surface area (TPSA) is 21.3 Å². The molecule has 0 spiro atoms. The second-order valence-corrected chi connectivity index (χ2v) is 5.42. The smallest absolute Gasteiger partial charge is 0.0613 e. The predicted molar refractivity (Wildman–Crippen MR) is 76.0 cm³/mol. The third-order valence-corrected chi connectivity index (χ3v) is 4.15. The number of rotatable bonds is 5. The second kappa shape index (κ2) is 6.55. The van der Waals surface area contributed by atoms with Gasteiger partial charge < -0.3 is 10.1 Å². The van der Waals surface area contributed by atoms with Crippen LogP contribution in [0.5, 0.6) is 0 Å². The molecule has 18 heavy (non-hydrogen) atoms. The number of benzene rings is 1. The highest BCUT2D eigenvalue weighted by atomic mass is 35.5. The van der Waals surface area contributed by atoms with Crippen LogP contribution in [0.3, 0.4) is 0 Å². The zero-order valence-corrected chi connectivity index (χ0v) is 11.9. The minimum absolute atomic E-state index is 0.289. The lowest BCUT2D eigenvalue weighted by Crippen LogP contribution is -2.30. The fourth-order valence-electron chi connectivity index (χ4n) is 2.64. The normalized spacial score (nSPS) is 25.3. The van der Waals surface area contributed by atoms with E-state index in [1.807, 2.05) is 18.2 Å². The van der Waals surface area contributed by atoms with Crippen molar-refractivity contribution in [1.82, 2.24) is 5.32 Å². The summed E-state index contributed by atoms with van der Waals surface area (Å²) in [6, 6.07) is 8.32. The van der Waals surface area contributed by atoms with E-state index in [1.165, 1.54) is 12.0 Å². The third-order valence-electron chi connectivity index (χ3n) is 3.81. The van der Waals surface area contributed by atoms with Crippen LogP contribution in [-0.2, 0) is 4.74 Å². The molecule has 1 aromatic carbocycles. The van der Waals surface area contributed by atoms with Crippen LogP contribution in [0.4, 0.5) is 0 Å². The van der Waals surface area contributed by atoms with Gasteiger partial charge in [-0.2, -0.15) is 0 Å². The molecule has 3 unspecified atom stereocenters. The van der Waals surface area contributed by atoms with Crippen molar-refractivity contribution in [2.24, 2.45) is 5.92 Å². The van der Waals surface area contributed by atoms with Gasteiger partial charge in [-0.1, -0.05) is 36.7 Å². The number of ether oxygens (including phenoxy) is 1. The molecule has 1 N–H and O–H groups in total. The summed E-state index contributed by atoms with van der Waals surface area (Å²) in [5.74, 6) is 0.639. The molecule has 0 amide bonds. The highest BCUT2D eigenvalue weighted by Crippen LogP contribution is 2.25. The highest BCUT2D eigenvalue weighted by Gasteiger charge is 2.26. The van der Waals surface area contributed by atoms with E-state index in [1.54, 1.807) is 0 Å². The molecule has 1 aliphatic rings. The van der Waals surface area contributed by atoms with E-state index in [0.29, 0.717) is 12.0 Å². The molecule has 2 nitrogen and oxygen atoms in total. The van der Waals surface area contributed by atoms with Gasteiger partial charge in [0, 0.05) is 24.2 Å². The molecule has 3 atom stereocenters. The first-order valence-corrected chi connectivity index (χ1v) is 7.19. The summed E-state index contributed by atoms with van der Waals surface area (Å²) in [5, 5.41) is 4.42. The first-order chi connectivity index (χ1) is 8.72. The summed E-state index contributed by atoms with van der Waals surface area (Å²) in [6.07, 6.45) is 2.70. The van der Waals surface area contributed by atoms with Gasteiger partial charge in [0.1, 0.15) is 0 Å². The van der Waals surface area contributed by atoms with Crippen LogP contribution in [0.25, 0.3) is 0 Å².